The second-order valence-corrected chi connectivity index (χ2v) is 4.57. The molecule has 2 unspecified atom stereocenters. The molecule has 0 heterocycles. The van der Waals surface area contributed by atoms with Gasteiger partial charge in [-0.1, -0.05) is 12.5 Å². The van der Waals surface area contributed by atoms with Gasteiger partial charge in [0.1, 0.15) is 17.2 Å². The Hall–Kier alpha value is -1.49. The van der Waals surface area contributed by atoms with Crippen LogP contribution >= 0.6 is 0 Å². The van der Waals surface area contributed by atoms with Crippen LogP contribution in [0.2, 0.25) is 0 Å². The number of carbonyl (C=O) groups excluding carboxylic acids is 1. The Morgan fingerprint density at radius 3 is 2.56 bits per heavy atom. The highest BCUT2D eigenvalue weighted by atomic mass is 19.1. The summed E-state index contributed by atoms with van der Waals surface area (Å²) in [4.78, 5) is 11.7. The van der Waals surface area contributed by atoms with E-state index in [0.717, 1.165) is 25.0 Å². The maximum Gasteiger partial charge on any atom is 0.257 e. The van der Waals surface area contributed by atoms with Crippen molar-refractivity contribution >= 4 is 5.91 Å². The Balaban J connectivity index is 1.99. The van der Waals surface area contributed by atoms with Crippen molar-refractivity contribution in [3.63, 3.8) is 0 Å². The van der Waals surface area contributed by atoms with Crippen LogP contribution in [-0.4, -0.2) is 23.7 Å². The van der Waals surface area contributed by atoms with Gasteiger partial charge in [-0.2, -0.15) is 0 Å². The monoisotopic (exact) mass is 255 g/mol. The zero-order valence-electron chi connectivity index (χ0n) is 9.83. The molecule has 5 heteroatoms. The van der Waals surface area contributed by atoms with Gasteiger partial charge in [0.15, 0.2) is 0 Å². The maximum absolute atomic E-state index is 13.3. The van der Waals surface area contributed by atoms with Crippen LogP contribution in [0.4, 0.5) is 8.78 Å². The lowest BCUT2D eigenvalue weighted by Crippen LogP contribution is -2.33. The molecular formula is C13H15F2NO2. The van der Waals surface area contributed by atoms with Gasteiger partial charge in [0.25, 0.3) is 5.91 Å². The number of benzene rings is 1. The molecule has 0 aliphatic heterocycles. The molecule has 2 atom stereocenters. The van der Waals surface area contributed by atoms with Crippen molar-refractivity contribution in [1.29, 1.82) is 0 Å². The van der Waals surface area contributed by atoms with Gasteiger partial charge in [-0.25, -0.2) is 8.78 Å². The first kappa shape index (κ1) is 13.0. The molecule has 1 aliphatic carbocycles. The second-order valence-electron chi connectivity index (χ2n) is 4.57. The van der Waals surface area contributed by atoms with Gasteiger partial charge in [0, 0.05) is 12.5 Å². The van der Waals surface area contributed by atoms with Crippen molar-refractivity contribution < 1.29 is 18.7 Å². The van der Waals surface area contributed by atoms with E-state index in [0.29, 0.717) is 6.42 Å². The summed E-state index contributed by atoms with van der Waals surface area (Å²) in [7, 11) is 0. The van der Waals surface area contributed by atoms with Crippen molar-refractivity contribution in [3.8, 4) is 0 Å². The molecule has 2 N–H and O–H groups in total. The molecular weight excluding hydrogens is 240 g/mol. The molecule has 98 valence electrons. The molecule has 0 saturated heterocycles. The van der Waals surface area contributed by atoms with Gasteiger partial charge in [0.05, 0.1) is 6.10 Å². The summed E-state index contributed by atoms with van der Waals surface area (Å²) in [5.41, 5.74) is -0.565. The molecule has 2 rings (SSSR count). The van der Waals surface area contributed by atoms with E-state index in [2.05, 4.69) is 5.32 Å². The zero-order chi connectivity index (χ0) is 13.1. The Morgan fingerprint density at radius 1 is 1.33 bits per heavy atom. The van der Waals surface area contributed by atoms with Crippen LogP contribution < -0.4 is 5.32 Å². The average Bonchev–Trinajstić information content (AvgIpc) is 2.72. The van der Waals surface area contributed by atoms with Crippen LogP contribution in [0.3, 0.4) is 0 Å². The van der Waals surface area contributed by atoms with Crippen molar-refractivity contribution in [3.05, 3.63) is 35.4 Å². The zero-order valence-corrected chi connectivity index (χ0v) is 9.83. The van der Waals surface area contributed by atoms with E-state index < -0.39 is 29.2 Å². The van der Waals surface area contributed by atoms with E-state index in [4.69, 9.17) is 0 Å². The fraction of sp³-hybridized carbons (Fsp3) is 0.462. The lowest BCUT2D eigenvalue weighted by Gasteiger charge is -2.15. The lowest BCUT2D eigenvalue weighted by atomic mass is 10.1. The standard InChI is InChI=1S/C13H15F2NO2/c14-9-4-2-5-10(15)12(9)13(18)16-7-8-3-1-6-11(8)17/h2,4-5,8,11,17H,1,3,6-7H2,(H,16,18). The first-order chi connectivity index (χ1) is 8.59. The third-order valence-corrected chi connectivity index (χ3v) is 3.33. The molecule has 1 aliphatic rings. The summed E-state index contributed by atoms with van der Waals surface area (Å²) in [6.45, 7) is 0.244. The highest BCUT2D eigenvalue weighted by molar-refractivity contribution is 5.94. The summed E-state index contributed by atoms with van der Waals surface area (Å²) < 4.78 is 26.7. The summed E-state index contributed by atoms with van der Waals surface area (Å²) in [6, 6.07) is 3.30. The quantitative estimate of drug-likeness (QED) is 0.866. The van der Waals surface area contributed by atoms with E-state index >= 15 is 0 Å². The number of rotatable bonds is 3. The van der Waals surface area contributed by atoms with Crippen LogP contribution in [0.5, 0.6) is 0 Å². The Bertz CT molecular complexity index is 430. The molecule has 0 bridgehead atoms. The van der Waals surface area contributed by atoms with Gasteiger partial charge < -0.3 is 10.4 Å². The van der Waals surface area contributed by atoms with E-state index in [-0.39, 0.29) is 12.5 Å². The van der Waals surface area contributed by atoms with Crippen LogP contribution in [0.25, 0.3) is 0 Å². The van der Waals surface area contributed by atoms with Crippen LogP contribution in [-0.2, 0) is 0 Å². The minimum atomic E-state index is -0.875. The number of amides is 1. The predicted octanol–water partition coefficient (Wildman–Crippen LogP) is 1.86. The van der Waals surface area contributed by atoms with Gasteiger partial charge in [0.2, 0.25) is 0 Å². The number of nitrogens with one attached hydrogen (secondary N) is 1. The molecule has 0 radical (unpaired) electrons. The smallest absolute Gasteiger partial charge is 0.257 e. The summed E-state index contributed by atoms with van der Waals surface area (Å²) in [5.74, 6) is -2.55. The van der Waals surface area contributed by atoms with Crippen molar-refractivity contribution in [2.75, 3.05) is 6.54 Å². The van der Waals surface area contributed by atoms with Gasteiger partial charge in [-0.05, 0) is 25.0 Å². The predicted molar refractivity (Wildman–Crippen MR) is 62.0 cm³/mol. The Morgan fingerprint density at radius 2 is 2.00 bits per heavy atom. The Kier molecular flexibility index (Phi) is 3.91. The van der Waals surface area contributed by atoms with Crippen LogP contribution in [0.1, 0.15) is 29.6 Å². The number of carbonyl (C=O) groups is 1. The second kappa shape index (κ2) is 5.44. The summed E-state index contributed by atoms with van der Waals surface area (Å²) >= 11 is 0. The first-order valence-corrected chi connectivity index (χ1v) is 6.00. The fourth-order valence-electron chi connectivity index (χ4n) is 2.28. The normalized spacial score (nSPS) is 23.1. The van der Waals surface area contributed by atoms with Gasteiger partial charge >= 0.3 is 0 Å². The largest absolute Gasteiger partial charge is 0.393 e. The van der Waals surface area contributed by atoms with Crippen LogP contribution in [0.15, 0.2) is 18.2 Å². The summed E-state index contributed by atoms with van der Waals surface area (Å²) in [6.07, 6.45) is 2.02. The lowest BCUT2D eigenvalue weighted by molar-refractivity contribution is 0.0909. The number of hydrogen-bond acceptors (Lipinski definition) is 2. The molecule has 0 spiro atoms. The molecule has 1 aromatic rings. The molecule has 1 fully saturated rings. The number of aliphatic hydroxyl groups is 1. The number of halogens is 2. The topological polar surface area (TPSA) is 49.3 Å². The molecule has 18 heavy (non-hydrogen) atoms. The molecule has 1 amide bonds. The highest BCUT2D eigenvalue weighted by Gasteiger charge is 2.26. The van der Waals surface area contributed by atoms with Gasteiger partial charge in [-0.3, -0.25) is 4.79 Å². The maximum atomic E-state index is 13.3. The van der Waals surface area contributed by atoms with Crippen molar-refractivity contribution in [1.82, 2.24) is 5.32 Å². The third kappa shape index (κ3) is 2.67. The minimum Gasteiger partial charge on any atom is -0.393 e. The van der Waals surface area contributed by atoms with Crippen molar-refractivity contribution in [2.24, 2.45) is 5.92 Å². The first-order valence-electron chi connectivity index (χ1n) is 6.00. The minimum absolute atomic E-state index is 0.0243. The van der Waals surface area contributed by atoms with E-state index in [1.807, 2.05) is 0 Å². The molecule has 1 saturated carbocycles. The van der Waals surface area contributed by atoms with E-state index in [1.54, 1.807) is 0 Å². The molecule has 1 aromatic carbocycles. The van der Waals surface area contributed by atoms with Gasteiger partial charge in [-0.15, -0.1) is 0 Å². The van der Waals surface area contributed by atoms with Crippen molar-refractivity contribution in [2.45, 2.75) is 25.4 Å². The number of aliphatic hydroxyl groups excluding tert-OH is 1. The molecule has 3 nitrogen and oxygen atoms in total. The highest BCUT2D eigenvalue weighted by Crippen LogP contribution is 2.24. The SMILES string of the molecule is O=C(NCC1CCCC1O)c1c(F)cccc1F. The van der Waals surface area contributed by atoms with Crippen LogP contribution in [0, 0.1) is 17.6 Å². The number of hydrogen-bond donors (Lipinski definition) is 2. The Labute approximate surface area is 104 Å². The third-order valence-electron chi connectivity index (χ3n) is 3.33. The average molecular weight is 255 g/mol. The van der Waals surface area contributed by atoms with E-state index in [1.165, 1.54) is 6.07 Å². The fourth-order valence-corrected chi connectivity index (χ4v) is 2.28. The van der Waals surface area contributed by atoms with E-state index in [9.17, 15) is 18.7 Å². The summed E-state index contributed by atoms with van der Waals surface area (Å²) in [5, 5.41) is 12.1. The molecule has 0 aromatic heterocycles.